The van der Waals surface area contributed by atoms with E-state index in [0.717, 1.165) is 5.56 Å². The Balaban J connectivity index is 1.78. The number of rotatable bonds is 6. The molecule has 0 aromatic carbocycles. The molecule has 1 aromatic rings. The van der Waals surface area contributed by atoms with E-state index in [-0.39, 0.29) is 11.6 Å². The Morgan fingerprint density at radius 1 is 1.52 bits per heavy atom. The molecule has 1 heterocycles. The van der Waals surface area contributed by atoms with E-state index in [2.05, 4.69) is 10.3 Å². The Kier molecular flexibility index (Phi) is 3.78. The van der Waals surface area contributed by atoms with Gasteiger partial charge in [-0.3, -0.25) is 4.79 Å². The third-order valence-corrected chi connectivity index (χ3v) is 3.85. The molecule has 1 N–H and O–H groups in total. The van der Waals surface area contributed by atoms with Gasteiger partial charge in [-0.1, -0.05) is 0 Å². The number of hydrogen-bond donors (Lipinski definition) is 1. The van der Waals surface area contributed by atoms with Gasteiger partial charge in [-0.25, -0.2) is 4.98 Å². The third-order valence-electron chi connectivity index (χ3n) is 3.85. The Hall–Kier alpha value is -2.09. The summed E-state index contributed by atoms with van der Waals surface area (Å²) in [6, 6.07) is 3.38. The lowest BCUT2D eigenvalue weighted by atomic mass is 10.1. The van der Waals surface area contributed by atoms with E-state index >= 15 is 0 Å². The standard InChI is InChI=1S/C16H19N3O2/c1-10(7-17)19-16(20)15-14(21-9-11-2-3-11)6-13(8-18-15)12-4-5-12/h6,8,10-12H,2-5,9H2,1H3,(H,19,20). The van der Waals surface area contributed by atoms with Crippen LogP contribution in [0.2, 0.25) is 0 Å². The molecule has 0 bridgehead atoms. The molecule has 3 rings (SSSR count). The number of hydrogen-bond acceptors (Lipinski definition) is 4. The summed E-state index contributed by atoms with van der Waals surface area (Å²) in [7, 11) is 0. The second-order valence-electron chi connectivity index (χ2n) is 5.97. The van der Waals surface area contributed by atoms with Crippen LogP contribution in [0.3, 0.4) is 0 Å². The lowest BCUT2D eigenvalue weighted by Crippen LogP contribution is -2.32. The maximum Gasteiger partial charge on any atom is 0.274 e. The molecule has 110 valence electrons. The van der Waals surface area contributed by atoms with Crippen molar-refractivity contribution in [2.24, 2.45) is 5.92 Å². The van der Waals surface area contributed by atoms with Crippen LogP contribution in [-0.2, 0) is 0 Å². The van der Waals surface area contributed by atoms with E-state index in [9.17, 15) is 4.79 Å². The minimum Gasteiger partial charge on any atom is -0.491 e. The van der Waals surface area contributed by atoms with Gasteiger partial charge in [0, 0.05) is 6.20 Å². The van der Waals surface area contributed by atoms with Gasteiger partial charge in [0.2, 0.25) is 0 Å². The predicted octanol–water partition coefficient (Wildman–Crippen LogP) is 2.39. The molecule has 2 saturated carbocycles. The molecule has 0 saturated heterocycles. The van der Waals surface area contributed by atoms with Crippen molar-refractivity contribution in [3.8, 4) is 11.8 Å². The first kappa shape index (κ1) is 13.9. The predicted molar refractivity (Wildman–Crippen MR) is 77.0 cm³/mol. The monoisotopic (exact) mass is 285 g/mol. The maximum atomic E-state index is 12.2. The minimum atomic E-state index is -0.543. The zero-order valence-electron chi connectivity index (χ0n) is 12.1. The number of amides is 1. The van der Waals surface area contributed by atoms with Crippen LogP contribution >= 0.6 is 0 Å². The van der Waals surface area contributed by atoms with E-state index in [1.54, 1.807) is 13.1 Å². The van der Waals surface area contributed by atoms with Crippen molar-refractivity contribution in [2.45, 2.75) is 44.6 Å². The Morgan fingerprint density at radius 2 is 2.29 bits per heavy atom. The van der Waals surface area contributed by atoms with Crippen molar-refractivity contribution in [3.05, 3.63) is 23.5 Å². The Bertz CT molecular complexity index is 586. The summed E-state index contributed by atoms with van der Waals surface area (Å²) in [6.07, 6.45) is 6.51. The summed E-state index contributed by atoms with van der Waals surface area (Å²) >= 11 is 0. The molecule has 2 aliphatic carbocycles. The molecular weight excluding hydrogens is 266 g/mol. The molecule has 5 nitrogen and oxygen atoms in total. The third kappa shape index (κ3) is 3.52. The largest absolute Gasteiger partial charge is 0.491 e. The summed E-state index contributed by atoms with van der Waals surface area (Å²) in [5, 5.41) is 11.4. The maximum absolute atomic E-state index is 12.2. The van der Waals surface area contributed by atoms with E-state index < -0.39 is 6.04 Å². The average Bonchev–Trinajstić information content (AvgIpc) is 3.38. The smallest absolute Gasteiger partial charge is 0.274 e. The molecule has 1 aromatic heterocycles. The number of nitriles is 1. The van der Waals surface area contributed by atoms with Crippen LogP contribution < -0.4 is 10.1 Å². The van der Waals surface area contributed by atoms with Crippen LogP contribution in [0.25, 0.3) is 0 Å². The zero-order chi connectivity index (χ0) is 14.8. The van der Waals surface area contributed by atoms with Crippen molar-refractivity contribution in [1.29, 1.82) is 5.26 Å². The number of carbonyl (C=O) groups excluding carboxylic acids is 1. The zero-order valence-corrected chi connectivity index (χ0v) is 12.1. The van der Waals surface area contributed by atoms with Crippen molar-refractivity contribution in [1.82, 2.24) is 10.3 Å². The van der Waals surface area contributed by atoms with Crippen LogP contribution in [0.4, 0.5) is 0 Å². The van der Waals surface area contributed by atoms with Gasteiger partial charge < -0.3 is 10.1 Å². The van der Waals surface area contributed by atoms with Gasteiger partial charge in [-0.05, 0) is 56.1 Å². The fraction of sp³-hybridized carbons (Fsp3) is 0.562. The van der Waals surface area contributed by atoms with Crippen LogP contribution in [0.5, 0.6) is 5.75 Å². The summed E-state index contributed by atoms with van der Waals surface area (Å²) in [5.74, 6) is 1.38. The Morgan fingerprint density at radius 3 is 2.90 bits per heavy atom. The van der Waals surface area contributed by atoms with Gasteiger partial charge >= 0.3 is 0 Å². The van der Waals surface area contributed by atoms with Crippen LogP contribution in [0.15, 0.2) is 12.3 Å². The highest BCUT2D eigenvalue weighted by Gasteiger charge is 2.28. The normalized spacial score (nSPS) is 18.7. The molecule has 2 fully saturated rings. The highest BCUT2D eigenvalue weighted by atomic mass is 16.5. The molecule has 2 aliphatic rings. The molecule has 1 unspecified atom stereocenters. The SMILES string of the molecule is CC(C#N)NC(=O)c1ncc(C2CC2)cc1OCC1CC1. The summed E-state index contributed by atoms with van der Waals surface area (Å²) in [5.41, 5.74) is 1.42. The van der Waals surface area contributed by atoms with E-state index in [1.807, 2.05) is 12.1 Å². The average molecular weight is 285 g/mol. The lowest BCUT2D eigenvalue weighted by Gasteiger charge is -2.13. The van der Waals surface area contributed by atoms with Crippen molar-refractivity contribution < 1.29 is 9.53 Å². The molecule has 0 spiro atoms. The van der Waals surface area contributed by atoms with Gasteiger partial charge in [0.15, 0.2) is 11.4 Å². The fourth-order valence-electron chi connectivity index (χ4n) is 2.17. The van der Waals surface area contributed by atoms with Crippen LogP contribution in [0, 0.1) is 17.2 Å². The quantitative estimate of drug-likeness (QED) is 0.870. The van der Waals surface area contributed by atoms with Gasteiger partial charge in [0.1, 0.15) is 6.04 Å². The molecule has 0 aliphatic heterocycles. The Labute approximate surface area is 124 Å². The van der Waals surface area contributed by atoms with Crippen LogP contribution in [-0.4, -0.2) is 23.5 Å². The van der Waals surface area contributed by atoms with E-state index in [4.69, 9.17) is 10.00 Å². The van der Waals surface area contributed by atoms with Gasteiger partial charge in [0.25, 0.3) is 5.91 Å². The highest BCUT2D eigenvalue weighted by Crippen LogP contribution is 2.41. The highest BCUT2D eigenvalue weighted by molar-refractivity contribution is 5.95. The number of nitrogens with zero attached hydrogens (tertiary/aromatic N) is 2. The van der Waals surface area contributed by atoms with E-state index in [0.29, 0.717) is 24.2 Å². The first-order valence-corrected chi connectivity index (χ1v) is 7.50. The first-order valence-electron chi connectivity index (χ1n) is 7.50. The van der Waals surface area contributed by atoms with Gasteiger partial charge in [0.05, 0.1) is 12.7 Å². The molecule has 5 heteroatoms. The molecule has 1 atom stereocenters. The topological polar surface area (TPSA) is 75.0 Å². The fourth-order valence-corrected chi connectivity index (χ4v) is 2.17. The summed E-state index contributed by atoms with van der Waals surface area (Å²) in [4.78, 5) is 16.5. The number of ether oxygens (including phenoxy) is 1. The van der Waals surface area contributed by atoms with Crippen molar-refractivity contribution in [3.63, 3.8) is 0 Å². The van der Waals surface area contributed by atoms with Crippen molar-refractivity contribution in [2.75, 3.05) is 6.61 Å². The number of nitrogens with one attached hydrogen (secondary N) is 1. The van der Waals surface area contributed by atoms with Gasteiger partial charge in [-0.2, -0.15) is 5.26 Å². The number of pyridine rings is 1. The molecule has 21 heavy (non-hydrogen) atoms. The van der Waals surface area contributed by atoms with E-state index in [1.165, 1.54) is 25.7 Å². The summed E-state index contributed by atoms with van der Waals surface area (Å²) < 4.78 is 5.81. The molecule has 0 radical (unpaired) electrons. The second kappa shape index (κ2) is 5.72. The number of carbonyl (C=O) groups is 1. The first-order chi connectivity index (χ1) is 10.2. The summed E-state index contributed by atoms with van der Waals surface area (Å²) in [6.45, 7) is 2.28. The van der Waals surface area contributed by atoms with Crippen molar-refractivity contribution >= 4 is 5.91 Å². The lowest BCUT2D eigenvalue weighted by molar-refractivity contribution is 0.0938. The second-order valence-corrected chi connectivity index (χ2v) is 5.97. The minimum absolute atomic E-state index is 0.280. The number of aromatic nitrogens is 1. The molecule has 1 amide bonds. The van der Waals surface area contributed by atoms with Crippen LogP contribution in [0.1, 0.15) is 54.6 Å². The van der Waals surface area contributed by atoms with Gasteiger partial charge in [-0.15, -0.1) is 0 Å². The molecular formula is C16H19N3O2.